The summed E-state index contributed by atoms with van der Waals surface area (Å²) in [6.07, 6.45) is 2.90. The zero-order valence-electron chi connectivity index (χ0n) is 15.3. The number of amides is 2. The molecular formula is C20H23ClN2O4. The zero-order chi connectivity index (χ0) is 19.2. The maximum absolute atomic E-state index is 12.9. The van der Waals surface area contributed by atoms with Crippen LogP contribution in [0.5, 0.6) is 0 Å². The lowest BCUT2D eigenvalue weighted by atomic mass is 9.71. The summed E-state index contributed by atoms with van der Waals surface area (Å²) in [5, 5.41) is 14.8. The van der Waals surface area contributed by atoms with Gasteiger partial charge >= 0.3 is 0 Å². The van der Waals surface area contributed by atoms with Crippen molar-refractivity contribution in [2.24, 2.45) is 5.41 Å². The van der Waals surface area contributed by atoms with Gasteiger partial charge in [-0.3, -0.25) is 9.59 Å². The van der Waals surface area contributed by atoms with Crippen molar-refractivity contribution in [3.05, 3.63) is 34.5 Å². The molecule has 2 aliphatic heterocycles. The van der Waals surface area contributed by atoms with Gasteiger partial charge in [0.2, 0.25) is 11.8 Å². The summed E-state index contributed by atoms with van der Waals surface area (Å²) < 4.78 is 5.58. The lowest BCUT2D eigenvalue weighted by Crippen LogP contribution is -2.62. The van der Waals surface area contributed by atoms with Crippen molar-refractivity contribution in [3.63, 3.8) is 0 Å². The number of hydrogen-bond donors (Lipinski definition) is 2. The number of nitrogens with one attached hydrogen (secondary N) is 1. The number of aryl methyl sites for hydroxylation is 1. The Morgan fingerprint density at radius 2 is 2.30 bits per heavy atom. The highest BCUT2D eigenvalue weighted by Crippen LogP contribution is 2.37. The second-order valence-corrected chi connectivity index (χ2v) is 8.08. The first kappa shape index (κ1) is 18.3. The van der Waals surface area contributed by atoms with Crippen LogP contribution in [0.3, 0.4) is 0 Å². The number of rotatable bonds is 2. The van der Waals surface area contributed by atoms with Crippen LogP contribution in [0.4, 0.5) is 0 Å². The Kier molecular flexibility index (Phi) is 4.64. The number of likely N-dealkylation sites (tertiary alicyclic amines) is 1. The number of piperidine rings is 2. The molecule has 2 saturated heterocycles. The molecule has 7 heteroatoms. The third-order valence-corrected chi connectivity index (χ3v) is 6.36. The van der Waals surface area contributed by atoms with Crippen molar-refractivity contribution in [1.29, 1.82) is 0 Å². The van der Waals surface area contributed by atoms with Gasteiger partial charge in [0.15, 0.2) is 0 Å². The molecule has 0 radical (unpaired) electrons. The maximum atomic E-state index is 12.9. The number of hydrogen-bond acceptors (Lipinski definition) is 4. The van der Waals surface area contributed by atoms with Gasteiger partial charge in [0.1, 0.15) is 5.58 Å². The van der Waals surface area contributed by atoms with Gasteiger partial charge in [-0.15, -0.1) is 0 Å². The molecule has 0 saturated carbocycles. The first-order chi connectivity index (χ1) is 12.9. The fourth-order valence-corrected chi connectivity index (χ4v) is 4.43. The van der Waals surface area contributed by atoms with Crippen LogP contribution in [0.25, 0.3) is 11.0 Å². The van der Waals surface area contributed by atoms with Crippen molar-refractivity contribution >= 4 is 34.4 Å². The van der Waals surface area contributed by atoms with Crippen LogP contribution >= 0.6 is 11.6 Å². The molecule has 2 atom stereocenters. The predicted molar refractivity (Wildman–Crippen MR) is 102 cm³/mol. The minimum atomic E-state index is -0.884. The molecule has 0 aliphatic carbocycles. The highest BCUT2D eigenvalue weighted by atomic mass is 35.5. The topological polar surface area (TPSA) is 82.8 Å². The molecule has 6 nitrogen and oxygen atoms in total. The van der Waals surface area contributed by atoms with E-state index in [1.807, 2.05) is 19.1 Å². The SMILES string of the molecule is Cc1cc2occ(CC(=O)N3CC[C@@H](O)[C@@]4(CCCNC4=O)C3)c2cc1Cl. The van der Waals surface area contributed by atoms with Crippen molar-refractivity contribution in [2.45, 2.75) is 38.7 Å². The van der Waals surface area contributed by atoms with Gasteiger partial charge in [0, 0.05) is 35.6 Å². The summed E-state index contributed by atoms with van der Waals surface area (Å²) in [6.45, 7) is 3.24. The molecule has 1 spiro atoms. The number of aliphatic hydroxyl groups excluding tert-OH is 1. The summed E-state index contributed by atoms with van der Waals surface area (Å²) in [5.74, 6) is -0.214. The molecule has 2 aliphatic rings. The molecule has 2 fully saturated rings. The number of benzene rings is 1. The Hall–Kier alpha value is -2.05. The minimum absolute atomic E-state index is 0.0703. The normalized spacial score (nSPS) is 25.8. The van der Waals surface area contributed by atoms with Crippen molar-refractivity contribution in [3.8, 4) is 0 Å². The number of furan rings is 1. The summed E-state index contributed by atoms with van der Waals surface area (Å²) >= 11 is 6.22. The molecule has 0 unspecified atom stereocenters. The lowest BCUT2D eigenvalue weighted by Gasteiger charge is -2.46. The molecular weight excluding hydrogens is 368 g/mol. The molecule has 0 bridgehead atoms. The quantitative estimate of drug-likeness (QED) is 0.825. The smallest absolute Gasteiger partial charge is 0.230 e. The number of nitrogens with zero attached hydrogens (tertiary/aromatic N) is 1. The second kappa shape index (κ2) is 6.84. The Morgan fingerprint density at radius 3 is 3.07 bits per heavy atom. The molecule has 1 aromatic heterocycles. The van der Waals surface area contributed by atoms with Crippen LogP contribution in [0, 0.1) is 12.3 Å². The third-order valence-electron chi connectivity index (χ3n) is 5.95. The molecule has 144 valence electrons. The monoisotopic (exact) mass is 390 g/mol. The van der Waals surface area contributed by atoms with Crippen LogP contribution in [0.15, 0.2) is 22.8 Å². The van der Waals surface area contributed by atoms with E-state index in [9.17, 15) is 14.7 Å². The second-order valence-electron chi connectivity index (χ2n) is 7.67. The Balaban J connectivity index is 1.55. The lowest BCUT2D eigenvalue weighted by molar-refractivity contribution is -0.154. The summed E-state index contributed by atoms with van der Waals surface area (Å²) in [5.41, 5.74) is 1.53. The van der Waals surface area contributed by atoms with Crippen molar-refractivity contribution in [2.75, 3.05) is 19.6 Å². The largest absolute Gasteiger partial charge is 0.464 e. The van der Waals surface area contributed by atoms with Gasteiger partial charge < -0.3 is 19.7 Å². The van der Waals surface area contributed by atoms with Gasteiger partial charge in [0.05, 0.1) is 24.2 Å². The molecule has 2 aromatic rings. The predicted octanol–water partition coefficient (Wildman–Crippen LogP) is 2.43. The zero-order valence-corrected chi connectivity index (χ0v) is 16.0. The van der Waals surface area contributed by atoms with Gasteiger partial charge in [-0.1, -0.05) is 11.6 Å². The third kappa shape index (κ3) is 3.11. The molecule has 2 N–H and O–H groups in total. The average Bonchev–Trinajstić information content (AvgIpc) is 3.01. The van der Waals surface area contributed by atoms with Gasteiger partial charge in [-0.05, 0) is 43.9 Å². The summed E-state index contributed by atoms with van der Waals surface area (Å²) in [4.78, 5) is 27.1. The maximum Gasteiger partial charge on any atom is 0.230 e. The van der Waals surface area contributed by atoms with Gasteiger partial charge in [-0.2, -0.15) is 0 Å². The van der Waals surface area contributed by atoms with Crippen LogP contribution < -0.4 is 5.32 Å². The highest BCUT2D eigenvalue weighted by Gasteiger charge is 2.50. The Morgan fingerprint density at radius 1 is 1.48 bits per heavy atom. The van der Waals surface area contributed by atoms with Crippen LogP contribution in [-0.4, -0.2) is 47.6 Å². The van der Waals surface area contributed by atoms with E-state index in [0.29, 0.717) is 36.5 Å². The minimum Gasteiger partial charge on any atom is -0.464 e. The van der Waals surface area contributed by atoms with Crippen LogP contribution in [0.1, 0.15) is 30.4 Å². The number of carbonyl (C=O) groups excluding carboxylic acids is 2. The van der Waals surface area contributed by atoms with Crippen molar-refractivity contribution < 1.29 is 19.1 Å². The number of fused-ring (bicyclic) bond motifs is 1. The Labute approximate surface area is 162 Å². The highest BCUT2D eigenvalue weighted by molar-refractivity contribution is 6.32. The van der Waals surface area contributed by atoms with E-state index in [1.54, 1.807) is 11.2 Å². The first-order valence-electron chi connectivity index (χ1n) is 9.31. The van der Waals surface area contributed by atoms with Gasteiger partial charge in [0.25, 0.3) is 0 Å². The molecule has 2 amide bonds. The molecule has 3 heterocycles. The van der Waals surface area contributed by atoms with Gasteiger partial charge in [-0.25, -0.2) is 0 Å². The standard InChI is InChI=1S/C20H23ClN2O4/c1-12-7-16-14(9-15(12)21)13(10-27-16)8-18(25)23-6-3-17(24)20(11-23)4-2-5-22-19(20)26/h7,9-10,17,24H,2-6,8,11H2,1H3,(H,22,26)/t17-,20-/m1/s1. The average molecular weight is 391 g/mol. The molecule has 27 heavy (non-hydrogen) atoms. The van der Waals surface area contributed by atoms with E-state index in [4.69, 9.17) is 16.0 Å². The van der Waals surface area contributed by atoms with Crippen LogP contribution in [-0.2, 0) is 16.0 Å². The van der Waals surface area contributed by atoms with E-state index >= 15 is 0 Å². The first-order valence-corrected chi connectivity index (χ1v) is 9.69. The van der Waals surface area contributed by atoms with E-state index < -0.39 is 11.5 Å². The van der Waals surface area contributed by atoms with Crippen LogP contribution in [0.2, 0.25) is 5.02 Å². The number of aliphatic hydroxyl groups is 1. The van der Waals surface area contributed by atoms with E-state index in [-0.39, 0.29) is 24.8 Å². The van der Waals surface area contributed by atoms with Crippen molar-refractivity contribution in [1.82, 2.24) is 10.2 Å². The van der Waals surface area contributed by atoms with E-state index in [2.05, 4.69) is 5.32 Å². The van der Waals surface area contributed by atoms with E-state index in [1.165, 1.54) is 0 Å². The summed E-state index contributed by atoms with van der Waals surface area (Å²) in [6, 6.07) is 3.69. The number of halogens is 1. The number of carbonyl (C=O) groups is 2. The fourth-order valence-electron chi connectivity index (χ4n) is 4.27. The summed E-state index contributed by atoms with van der Waals surface area (Å²) in [7, 11) is 0. The molecule has 4 rings (SSSR count). The molecule has 1 aromatic carbocycles. The fraction of sp³-hybridized carbons (Fsp3) is 0.500. The Bertz CT molecular complexity index is 909. The van der Waals surface area contributed by atoms with E-state index in [0.717, 1.165) is 22.9 Å².